The Balaban J connectivity index is -0.000000270. The fraction of sp³-hybridized carbons (Fsp3) is 0.556. The van der Waals surface area contributed by atoms with Gasteiger partial charge in [0.2, 0.25) is 0 Å². The molecule has 1 aliphatic rings. The molecule has 1 rings (SSSR count). The van der Waals surface area contributed by atoms with E-state index < -0.39 is 0 Å². The molecule has 3 heteroatoms. The molecule has 12 heavy (non-hydrogen) atoms. The topological polar surface area (TPSA) is 0 Å². The van der Waals surface area contributed by atoms with Crippen LogP contribution in [0.3, 0.4) is 0 Å². The van der Waals surface area contributed by atoms with Crippen molar-refractivity contribution in [1.82, 2.24) is 0 Å². The zero-order chi connectivity index (χ0) is 7.02. The largest absolute Gasteiger partial charge is 0.269 e. The molecule has 0 fully saturated rings. The van der Waals surface area contributed by atoms with Crippen LogP contribution in [0.15, 0.2) is 16.7 Å². The van der Waals surface area contributed by atoms with Crippen molar-refractivity contribution in [1.29, 1.82) is 0 Å². The van der Waals surface area contributed by atoms with Crippen molar-refractivity contribution in [3.05, 3.63) is 22.8 Å². The van der Waals surface area contributed by atoms with E-state index in [4.69, 9.17) is 0 Å². The van der Waals surface area contributed by atoms with Crippen LogP contribution >= 0.6 is 0 Å². The predicted molar refractivity (Wildman–Crippen MR) is 45.0 cm³/mol. The van der Waals surface area contributed by atoms with Crippen LogP contribution in [0.25, 0.3) is 0 Å². The predicted octanol–water partition coefficient (Wildman–Crippen LogP) is 3.02. The second-order valence-electron chi connectivity index (χ2n) is 2.80. The van der Waals surface area contributed by atoms with E-state index in [0.717, 1.165) is 0 Å². The maximum Gasteiger partial charge on any atom is 0 e. The first-order valence-electron chi connectivity index (χ1n) is 3.40. The second kappa shape index (κ2) is 6.70. The van der Waals surface area contributed by atoms with E-state index in [0.29, 0.717) is 5.92 Å². The standard InChI is InChI=1S/C9H13.2FH.Hf/c1-6-5-7(2)9(4)8(6)3;;;/h6H,1-4H3;2*1H;/q-1;;;. The molecule has 0 saturated heterocycles. The first-order chi connectivity index (χ1) is 4.13. The molecule has 1 atom stereocenters. The molecule has 0 spiro atoms. The van der Waals surface area contributed by atoms with Crippen molar-refractivity contribution < 1.29 is 35.3 Å². The van der Waals surface area contributed by atoms with Crippen molar-refractivity contribution in [2.24, 2.45) is 5.92 Å². The van der Waals surface area contributed by atoms with Gasteiger partial charge in [-0.2, -0.15) is 11.1 Å². The van der Waals surface area contributed by atoms with Crippen LogP contribution in [0, 0.1) is 12.0 Å². The summed E-state index contributed by atoms with van der Waals surface area (Å²) in [5.41, 5.74) is 4.25. The van der Waals surface area contributed by atoms with Crippen molar-refractivity contribution >= 4 is 0 Å². The van der Waals surface area contributed by atoms with Gasteiger partial charge in [0.05, 0.1) is 0 Å². The van der Waals surface area contributed by atoms with Crippen LogP contribution in [0.1, 0.15) is 27.7 Å². The van der Waals surface area contributed by atoms with Crippen LogP contribution in [-0.4, -0.2) is 0 Å². The third kappa shape index (κ3) is 3.30. The van der Waals surface area contributed by atoms with Gasteiger partial charge < -0.3 is 0 Å². The van der Waals surface area contributed by atoms with Gasteiger partial charge in [0, 0.05) is 25.8 Å². The monoisotopic (exact) mass is 341 g/mol. The maximum atomic E-state index is 3.36. The van der Waals surface area contributed by atoms with Gasteiger partial charge in [-0.15, -0.1) is 6.92 Å². The van der Waals surface area contributed by atoms with Gasteiger partial charge >= 0.3 is 0 Å². The smallest absolute Gasteiger partial charge is 0 e. The van der Waals surface area contributed by atoms with Gasteiger partial charge in [0.1, 0.15) is 0 Å². The van der Waals surface area contributed by atoms with Crippen LogP contribution < -0.4 is 0 Å². The summed E-state index contributed by atoms with van der Waals surface area (Å²) in [5.74, 6) is 0.560. The van der Waals surface area contributed by atoms with Gasteiger partial charge in [0.15, 0.2) is 0 Å². The molecule has 0 N–H and O–H groups in total. The molecule has 0 radical (unpaired) electrons. The van der Waals surface area contributed by atoms with Crippen molar-refractivity contribution in [3.8, 4) is 0 Å². The average Bonchev–Trinajstić information content (AvgIpc) is 1.98. The minimum Gasteiger partial charge on any atom is -0.269 e. The minimum atomic E-state index is 0. The molecule has 0 aliphatic heterocycles. The molecule has 0 aromatic rings. The van der Waals surface area contributed by atoms with Gasteiger partial charge in [-0.3, -0.25) is 15.5 Å². The van der Waals surface area contributed by atoms with Crippen LogP contribution in [0.2, 0.25) is 0 Å². The van der Waals surface area contributed by atoms with Crippen molar-refractivity contribution in [3.63, 3.8) is 0 Å². The summed E-state index contributed by atoms with van der Waals surface area (Å²) >= 11 is 0. The molecule has 0 saturated carbocycles. The number of hydrogen-bond acceptors (Lipinski definition) is 0. The number of hydrogen-bond donors (Lipinski definition) is 0. The molecular formula is C9H15F2Hf-. The SMILES string of the molecule is CC1=[C-]C(C)C(C)=C1C.F.F.[Hf]. The van der Waals surface area contributed by atoms with Crippen molar-refractivity contribution in [2.45, 2.75) is 27.7 Å². The fourth-order valence-corrected chi connectivity index (χ4v) is 1.16. The Bertz CT molecular complexity index is 195. The normalized spacial score (nSPS) is 20.3. The Hall–Kier alpha value is 0.210. The minimum absolute atomic E-state index is 0. The fourth-order valence-electron chi connectivity index (χ4n) is 1.16. The molecular weight excluding hydrogens is 325 g/mol. The Kier molecular flexibility index (Phi) is 10.1. The van der Waals surface area contributed by atoms with Crippen LogP contribution in [-0.2, 0) is 25.8 Å². The van der Waals surface area contributed by atoms with Gasteiger partial charge in [-0.25, -0.2) is 5.57 Å². The van der Waals surface area contributed by atoms with E-state index >= 15 is 0 Å². The summed E-state index contributed by atoms with van der Waals surface area (Å²) in [6.07, 6.45) is 3.36. The zero-order valence-corrected chi connectivity index (χ0v) is 11.5. The molecule has 0 nitrogen and oxygen atoms in total. The molecule has 0 aromatic heterocycles. The molecule has 1 aliphatic carbocycles. The molecule has 0 bridgehead atoms. The summed E-state index contributed by atoms with van der Waals surface area (Å²) in [4.78, 5) is 0. The summed E-state index contributed by atoms with van der Waals surface area (Å²) in [6.45, 7) is 8.67. The Morgan fingerprint density at radius 3 is 1.58 bits per heavy atom. The van der Waals surface area contributed by atoms with Crippen molar-refractivity contribution in [2.75, 3.05) is 0 Å². The summed E-state index contributed by atoms with van der Waals surface area (Å²) in [7, 11) is 0. The number of halogens is 2. The first-order valence-corrected chi connectivity index (χ1v) is 3.40. The quantitative estimate of drug-likeness (QED) is 0.470. The molecule has 70 valence electrons. The van der Waals surface area contributed by atoms with Crippen LogP contribution in [0.4, 0.5) is 9.41 Å². The van der Waals surface area contributed by atoms with Gasteiger partial charge in [0.25, 0.3) is 0 Å². The summed E-state index contributed by atoms with van der Waals surface area (Å²) in [5, 5.41) is 0. The molecule has 0 aromatic carbocycles. The first kappa shape index (κ1) is 18.1. The average molecular weight is 340 g/mol. The Labute approximate surface area is 91.6 Å². The van der Waals surface area contributed by atoms with Gasteiger partial charge in [-0.05, 0) is 0 Å². The third-order valence-corrected chi connectivity index (χ3v) is 2.24. The number of allylic oxidation sites excluding steroid dienone is 4. The summed E-state index contributed by atoms with van der Waals surface area (Å²) in [6, 6.07) is 0. The van der Waals surface area contributed by atoms with E-state index in [1.54, 1.807) is 0 Å². The van der Waals surface area contributed by atoms with E-state index in [-0.39, 0.29) is 35.3 Å². The van der Waals surface area contributed by atoms with Crippen LogP contribution in [0.5, 0.6) is 0 Å². The number of rotatable bonds is 0. The van der Waals surface area contributed by atoms with E-state index in [9.17, 15) is 0 Å². The molecule has 0 amide bonds. The van der Waals surface area contributed by atoms with E-state index in [2.05, 4.69) is 33.8 Å². The van der Waals surface area contributed by atoms with E-state index in [1.165, 1.54) is 16.7 Å². The van der Waals surface area contributed by atoms with E-state index in [1.807, 2.05) is 0 Å². The molecule has 1 unspecified atom stereocenters. The zero-order valence-electron chi connectivity index (χ0n) is 7.89. The summed E-state index contributed by atoms with van der Waals surface area (Å²) < 4.78 is 0. The third-order valence-electron chi connectivity index (χ3n) is 2.24. The second-order valence-corrected chi connectivity index (χ2v) is 2.80. The maximum absolute atomic E-state index is 3.36. The van der Waals surface area contributed by atoms with Gasteiger partial charge in [-0.1, -0.05) is 26.7 Å². The Morgan fingerprint density at radius 1 is 1.08 bits per heavy atom. The molecule has 0 heterocycles. The Morgan fingerprint density at radius 2 is 1.50 bits per heavy atom.